The molecule has 1 aliphatic heterocycles. The number of esters is 1. The van der Waals surface area contributed by atoms with Crippen LogP contribution in [0.15, 0.2) is 91.0 Å². The fraction of sp³-hybridized carbons (Fsp3) is 0.529. The van der Waals surface area contributed by atoms with Crippen LogP contribution in [0.4, 0.5) is 5.69 Å². The summed E-state index contributed by atoms with van der Waals surface area (Å²) >= 11 is 0. The first-order chi connectivity index (χ1) is 31.5. The largest absolute Gasteiger partial charge is 0.466 e. The lowest BCUT2D eigenvalue weighted by Crippen LogP contribution is -2.41. The molecule has 1 N–H and O–H groups in total. The molecular weight excluding hydrogens is 879 g/mol. The number of hydrogen-bond donors (Lipinski definition) is 1. The molecule has 2 atom stereocenters. The molecule has 0 radical (unpaired) electrons. The van der Waals surface area contributed by atoms with E-state index in [0.29, 0.717) is 56.7 Å². The highest BCUT2D eigenvalue weighted by Crippen LogP contribution is 2.75. The Labute approximate surface area is 396 Å². The van der Waals surface area contributed by atoms with Crippen molar-refractivity contribution >= 4 is 38.7 Å². The lowest BCUT2D eigenvalue weighted by molar-refractivity contribution is -0.757. The van der Waals surface area contributed by atoms with Gasteiger partial charge in [0.25, 0.3) is 11.0 Å². The van der Waals surface area contributed by atoms with Gasteiger partial charge in [-0.2, -0.15) is 24.8 Å². The van der Waals surface area contributed by atoms with Gasteiger partial charge in [-0.1, -0.05) is 92.7 Å². The molecule has 1 saturated heterocycles. The average Bonchev–Trinajstić information content (AvgIpc) is 3.62. The van der Waals surface area contributed by atoms with Crippen LogP contribution in [0.3, 0.4) is 0 Å². The normalized spacial score (nSPS) is 18.2. The van der Waals surface area contributed by atoms with Crippen molar-refractivity contribution in [1.29, 1.82) is 0 Å². The number of anilines is 1. The summed E-state index contributed by atoms with van der Waals surface area (Å²) in [6.07, 6.45) is 0.894. The minimum Gasteiger partial charge on any atom is -0.466 e. The summed E-state index contributed by atoms with van der Waals surface area (Å²) in [7, 11) is -4.51. The summed E-state index contributed by atoms with van der Waals surface area (Å²) in [5.41, 5.74) is 6.01. The standard InChI is InChI=1S/C51H73N3O10S2/c1-36(2)49-48(51(56)52-43-26-18-13-19-27-43)47(41-22-14-11-15-23-41)50(42-24-16-12-17-25-42)53(49)29-28-44-34-45(35-46(55)60-32-20-30-59-31-21-33-61-54(57)58)63-66(39(7)8,40(9)10)64-65(62-44,37(3)4)38(5)6/h11-19,22-27,36-40,44-45H,20-21,28-35H2,1-10H3,(H,52,56). The van der Waals surface area contributed by atoms with Crippen molar-refractivity contribution in [2.45, 2.75) is 147 Å². The third-order valence-electron chi connectivity index (χ3n) is 11.6. The number of hydrogen-bond acceptors (Lipinski definition) is 10. The Hall–Kier alpha value is -4.38. The molecule has 0 saturated carbocycles. The molecule has 1 aliphatic rings. The molecule has 15 heteroatoms. The zero-order chi connectivity index (χ0) is 48.0. The van der Waals surface area contributed by atoms with Crippen LogP contribution in [0.1, 0.15) is 123 Å². The lowest BCUT2D eigenvalue weighted by atomic mass is 9.94. The zero-order valence-corrected chi connectivity index (χ0v) is 42.2. The van der Waals surface area contributed by atoms with Crippen molar-refractivity contribution in [3.63, 3.8) is 0 Å². The molecule has 2 heterocycles. The number of aromatic nitrogens is 1. The monoisotopic (exact) mass is 951 g/mol. The van der Waals surface area contributed by atoms with Gasteiger partial charge in [0.2, 0.25) is 0 Å². The number of carbonyl (C=O) groups is 2. The van der Waals surface area contributed by atoms with E-state index in [1.165, 1.54) is 0 Å². The van der Waals surface area contributed by atoms with Crippen molar-refractivity contribution in [2.75, 3.05) is 31.7 Å². The Morgan fingerprint density at radius 1 is 0.727 bits per heavy atom. The summed E-state index contributed by atoms with van der Waals surface area (Å²) in [6.45, 7) is 22.8. The fourth-order valence-corrected chi connectivity index (χ4v) is 16.9. The van der Waals surface area contributed by atoms with E-state index in [4.69, 9.17) is 21.5 Å². The summed E-state index contributed by atoms with van der Waals surface area (Å²) in [4.78, 5) is 43.2. The number of nitrogens with one attached hydrogen (secondary N) is 1. The Morgan fingerprint density at radius 2 is 1.24 bits per heavy atom. The van der Waals surface area contributed by atoms with Crippen LogP contribution >= 0.6 is 21.2 Å². The molecule has 0 spiro atoms. The second-order valence-corrected chi connectivity index (χ2v) is 25.1. The predicted octanol–water partition coefficient (Wildman–Crippen LogP) is 12.6. The van der Waals surface area contributed by atoms with Gasteiger partial charge in [-0.15, -0.1) is 10.1 Å². The maximum atomic E-state index is 14.8. The van der Waals surface area contributed by atoms with Crippen LogP contribution in [0.5, 0.6) is 0 Å². The predicted molar refractivity (Wildman–Crippen MR) is 268 cm³/mol. The van der Waals surface area contributed by atoms with E-state index in [9.17, 15) is 19.7 Å². The third kappa shape index (κ3) is 13.2. The number of nitrogens with zero attached hydrogens (tertiary/aromatic N) is 2. The second kappa shape index (κ2) is 24.6. The van der Waals surface area contributed by atoms with E-state index >= 15 is 0 Å². The smallest absolute Gasteiger partial charge is 0.308 e. The van der Waals surface area contributed by atoms with E-state index in [2.05, 4.69) is 108 Å². The number of carbonyl (C=O) groups excluding carboxylic acids is 2. The second-order valence-electron chi connectivity index (χ2n) is 18.0. The van der Waals surface area contributed by atoms with Crippen LogP contribution < -0.4 is 5.32 Å². The van der Waals surface area contributed by atoms with E-state index < -0.39 is 32.4 Å². The van der Waals surface area contributed by atoms with Crippen LogP contribution in [-0.2, 0) is 37.6 Å². The molecular formula is C51H73N3O10S2. The fourth-order valence-electron chi connectivity index (χ4n) is 8.59. The molecule has 5 rings (SSSR count). The first kappa shape index (κ1) is 52.6. The maximum Gasteiger partial charge on any atom is 0.308 e. The number of amides is 1. The summed E-state index contributed by atoms with van der Waals surface area (Å²) in [6, 6.07) is 30.0. The summed E-state index contributed by atoms with van der Waals surface area (Å²) in [5.74, 6) is -0.605. The van der Waals surface area contributed by atoms with Crippen molar-refractivity contribution in [3.05, 3.63) is 112 Å². The Kier molecular flexibility index (Phi) is 19.6. The molecule has 3 aromatic carbocycles. The number of ether oxygens (including phenoxy) is 2. The molecule has 2 unspecified atom stereocenters. The van der Waals surface area contributed by atoms with Gasteiger partial charge in [-0.3, -0.25) is 18.0 Å². The van der Waals surface area contributed by atoms with Crippen LogP contribution in [-0.4, -0.2) is 81.2 Å². The van der Waals surface area contributed by atoms with Gasteiger partial charge in [0.05, 0.1) is 43.1 Å². The van der Waals surface area contributed by atoms with Gasteiger partial charge < -0.3 is 24.2 Å². The molecule has 1 aromatic heterocycles. The first-order valence-electron chi connectivity index (χ1n) is 23.4. The Bertz CT molecular complexity index is 2130. The van der Waals surface area contributed by atoms with E-state index in [1.54, 1.807) is 0 Å². The van der Waals surface area contributed by atoms with Gasteiger partial charge >= 0.3 is 5.97 Å². The van der Waals surface area contributed by atoms with Gasteiger partial charge in [0.1, 0.15) is 0 Å². The molecule has 1 amide bonds. The molecule has 66 heavy (non-hydrogen) atoms. The SMILES string of the molecule is CC(C)c1c(C(=O)Nc2ccccc2)c(-c2ccccc2)c(-c2ccccc2)n1CCC1CC(CC(=O)OCCCOCCCO[N+](=O)[O-])OS(C(C)C)(C(C)C)OS(C(C)C)(C(C)C)O1. The minimum absolute atomic E-state index is 0.00668. The highest BCUT2D eigenvalue weighted by Gasteiger charge is 2.46. The van der Waals surface area contributed by atoms with Crippen LogP contribution in [0.25, 0.3) is 22.4 Å². The maximum absolute atomic E-state index is 14.8. The Balaban J connectivity index is 1.54. The van der Waals surface area contributed by atoms with Crippen molar-refractivity contribution in [1.82, 2.24) is 4.57 Å². The number of rotatable bonds is 23. The van der Waals surface area contributed by atoms with Crippen LogP contribution in [0, 0.1) is 10.1 Å². The van der Waals surface area contributed by atoms with Crippen molar-refractivity contribution in [3.8, 4) is 22.4 Å². The number of benzene rings is 3. The molecule has 364 valence electrons. The highest BCUT2D eigenvalue weighted by atomic mass is 32.4. The van der Waals surface area contributed by atoms with Crippen molar-refractivity contribution in [2.24, 2.45) is 0 Å². The highest BCUT2D eigenvalue weighted by molar-refractivity contribution is 8.39. The topological polar surface area (TPSA) is 150 Å². The van der Waals surface area contributed by atoms with E-state index in [-0.39, 0.29) is 64.5 Å². The molecule has 0 bridgehead atoms. The van der Waals surface area contributed by atoms with Crippen LogP contribution in [0.2, 0.25) is 0 Å². The quantitative estimate of drug-likeness (QED) is 0.0329. The minimum atomic E-state index is -2.27. The molecule has 13 nitrogen and oxygen atoms in total. The zero-order valence-electron chi connectivity index (χ0n) is 40.6. The lowest BCUT2D eigenvalue weighted by Gasteiger charge is -2.63. The van der Waals surface area contributed by atoms with Gasteiger partial charge in [0.15, 0.2) is 0 Å². The molecule has 0 aliphatic carbocycles. The summed E-state index contributed by atoms with van der Waals surface area (Å²) < 4.78 is 36.0. The average molecular weight is 952 g/mol. The third-order valence-corrected chi connectivity index (χ3v) is 19.7. The number of para-hydroxylation sites is 1. The van der Waals surface area contributed by atoms with E-state index in [0.717, 1.165) is 28.1 Å². The van der Waals surface area contributed by atoms with Gasteiger partial charge in [-0.25, -0.2) is 0 Å². The summed E-state index contributed by atoms with van der Waals surface area (Å²) in [5, 5.41) is 12.9. The molecule has 4 aromatic rings. The Morgan fingerprint density at radius 3 is 1.77 bits per heavy atom. The van der Waals surface area contributed by atoms with E-state index in [1.807, 2.05) is 66.7 Å². The van der Waals surface area contributed by atoms with Gasteiger partial charge in [0, 0.05) is 70.5 Å². The van der Waals surface area contributed by atoms with Gasteiger partial charge in [-0.05, 0) is 97.4 Å². The first-order valence-corrected chi connectivity index (χ1v) is 26.7. The molecule has 1 fully saturated rings. The van der Waals surface area contributed by atoms with Crippen molar-refractivity contribution < 1.29 is 41.0 Å².